The van der Waals surface area contributed by atoms with E-state index in [1.54, 1.807) is 25.1 Å². The van der Waals surface area contributed by atoms with Crippen molar-refractivity contribution in [1.29, 1.82) is 0 Å². The number of carbonyl (C=O) groups is 1. The van der Waals surface area contributed by atoms with Crippen LogP contribution in [0.2, 0.25) is 0 Å². The Morgan fingerprint density at radius 1 is 1.06 bits per heavy atom. The predicted octanol–water partition coefficient (Wildman–Crippen LogP) is 5.74. The minimum absolute atomic E-state index is 0.0112. The van der Waals surface area contributed by atoms with Crippen molar-refractivity contribution in [2.75, 3.05) is 0 Å². The zero-order valence-corrected chi connectivity index (χ0v) is 19.3. The average molecular weight is 473 g/mol. The van der Waals surface area contributed by atoms with E-state index in [-0.39, 0.29) is 45.3 Å². The first-order valence-electron chi connectivity index (χ1n) is 11.3. The molecular weight excluding hydrogens is 448 g/mol. The molecule has 0 saturated carbocycles. The summed E-state index contributed by atoms with van der Waals surface area (Å²) in [6, 6.07) is 12.2. The second-order valence-electron chi connectivity index (χ2n) is 8.65. The molecule has 35 heavy (non-hydrogen) atoms. The Bertz CT molecular complexity index is 1540. The van der Waals surface area contributed by atoms with Gasteiger partial charge in [0.05, 0.1) is 16.9 Å². The molecule has 2 heterocycles. The maximum Gasteiger partial charge on any atom is 0.339 e. The number of para-hydroxylation sites is 1. The Morgan fingerprint density at radius 3 is 2.57 bits per heavy atom. The number of nitrogens with one attached hydrogen (secondary N) is 1. The number of aromatic hydroxyl groups is 1. The molecule has 0 spiro atoms. The fourth-order valence-electron chi connectivity index (χ4n) is 4.44. The lowest BCUT2D eigenvalue weighted by molar-refractivity contribution is 0.0695. The highest BCUT2D eigenvalue weighted by Crippen LogP contribution is 2.39. The molecule has 5 rings (SSSR count). The zero-order valence-electron chi connectivity index (χ0n) is 19.3. The molecular formula is C26H24N4O5. The molecule has 2 aromatic heterocycles. The quantitative estimate of drug-likeness (QED) is 0.319. The fraction of sp³-hybridized carbons (Fsp3) is 0.231. The summed E-state index contributed by atoms with van der Waals surface area (Å²) in [5, 5.41) is 31.3. The average Bonchev–Trinajstić information content (AvgIpc) is 3.37. The number of azo groups is 1. The van der Waals surface area contributed by atoms with Gasteiger partial charge in [-0.3, -0.25) is 9.89 Å². The number of H-pyrrole nitrogens is 1. The van der Waals surface area contributed by atoms with Crippen LogP contribution in [0, 0.1) is 13.8 Å². The number of hydrogen-bond donors (Lipinski definition) is 3. The summed E-state index contributed by atoms with van der Waals surface area (Å²) < 4.78 is 6.97. The van der Waals surface area contributed by atoms with E-state index >= 15 is 0 Å². The molecule has 0 fully saturated rings. The topological polar surface area (TPSA) is 133 Å². The number of fused-ring (bicyclic) bond motifs is 1. The van der Waals surface area contributed by atoms with E-state index in [1.807, 2.05) is 12.1 Å². The van der Waals surface area contributed by atoms with Gasteiger partial charge >= 0.3 is 5.97 Å². The van der Waals surface area contributed by atoms with Crippen molar-refractivity contribution in [3.8, 4) is 22.8 Å². The summed E-state index contributed by atoms with van der Waals surface area (Å²) in [5.74, 6) is -0.928. The van der Waals surface area contributed by atoms with E-state index in [9.17, 15) is 19.8 Å². The van der Waals surface area contributed by atoms with Gasteiger partial charge in [0.1, 0.15) is 22.8 Å². The summed E-state index contributed by atoms with van der Waals surface area (Å²) in [6.45, 7) is 3.27. The summed E-state index contributed by atoms with van der Waals surface area (Å²) >= 11 is 0. The predicted molar refractivity (Wildman–Crippen MR) is 129 cm³/mol. The minimum Gasteiger partial charge on any atom is -0.505 e. The molecule has 0 saturated heterocycles. The van der Waals surface area contributed by atoms with E-state index in [2.05, 4.69) is 21.4 Å². The Kier molecular flexibility index (Phi) is 5.60. The first-order chi connectivity index (χ1) is 16.8. The molecule has 0 atom stereocenters. The van der Waals surface area contributed by atoms with E-state index in [4.69, 9.17) is 4.42 Å². The molecule has 0 amide bonds. The second-order valence-corrected chi connectivity index (χ2v) is 8.65. The van der Waals surface area contributed by atoms with Crippen LogP contribution >= 0.6 is 0 Å². The Hall–Kier alpha value is -4.40. The number of aryl methyl sites for hydroxylation is 4. The summed E-state index contributed by atoms with van der Waals surface area (Å²) in [6.07, 6.45) is 4.40. The fourth-order valence-corrected chi connectivity index (χ4v) is 4.44. The molecule has 178 valence electrons. The largest absolute Gasteiger partial charge is 0.505 e. The Morgan fingerprint density at radius 2 is 1.83 bits per heavy atom. The minimum atomic E-state index is -1.12. The highest BCUT2D eigenvalue weighted by molar-refractivity contribution is 5.90. The van der Waals surface area contributed by atoms with Crippen LogP contribution in [0.5, 0.6) is 5.75 Å². The highest BCUT2D eigenvalue weighted by atomic mass is 16.4. The van der Waals surface area contributed by atoms with Gasteiger partial charge in [0.2, 0.25) is 0 Å². The first kappa shape index (κ1) is 22.4. The van der Waals surface area contributed by atoms with Crippen molar-refractivity contribution < 1.29 is 19.4 Å². The van der Waals surface area contributed by atoms with Crippen LogP contribution in [0.15, 0.2) is 61.9 Å². The van der Waals surface area contributed by atoms with Crippen LogP contribution in [0.25, 0.3) is 17.0 Å². The lowest BCUT2D eigenvalue weighted by Crippen LogP contribution is -2.15. The van der Waals surface area contributed by atoms with E-state index in [0.717, 1.165) is 24.9 Å². The van der Waals surface area contributed by atoms with E-state index in [0.29, 0.717) is 5.69 Å². The maximum atomic E-state index is 13.1. The SMILES string of the molecule is Cc1[nH]n(-c2ccc3c(c2)CCCC3)c(=O)c1N=Nc1cccc(-c2cc(C(=O)O)c(C)o2)c1O. The molecule has 0 bridgehead atoms. The summed E-state index contributed by atoms with van der Waals surface area (Å²) in [7, 11) is 0. The molecule has 0 radical (unpaired) electrons. The van der Waals surface area contributed by atoms with Gasteiger partial charge in [0.25, 0.3) is 5.56 Å². The number of aromatic carboxylic acids is 1. The number of aromatic amines is 1. The van der Waals surface area contributed by atoms with Crippen LogP contribution in [-0.2, 0) is 12.8 Å². The van der Waals surface area contributed by atoms with Crippen molar-refractivity contribution in [3.05, 3.63) is 81.0 Å². The monoisotopic (exact) mass is 472 g/mol. The number of carboxylic acids is 1. The van der Waals surface area contributed by atoms with Crippen molar-refractivity contribution in [3.63, 3.8) is 0 Å². The van der Waals surface area contributed by atoms with Crippen LogP contribution in [0.1, 0.15) is 45.8 Å². The molecule has 9 heteroatoms. The van der Waals surface area contributed by atoms with Gasteiger partial charge < -0.3 is 14.6 Å². The van der Waals surface area contributed by atoms with Crippen LogP contribution in [-0.4, -0.2) is 26.0 Å². The highest BCUT2D eigenvalue weighted by Gasteiger charge is 2.19. The lowest BCUT2D eigenvalue weighted by Gasteiger charge is -2.16. The van der Waals surface area contributed by atoms with Gasteiger partial charge in [-0.1, -0.05) is 12.1 Å². The van der Waals surface area contributed by atoms with Gasteiger partial charge in [-0.15, -0.1) is 10.2 Å². The number of carboxylic acid groups (broad SMARTS) is 1. The van der Waals surface area contributed by atoms with Crippen molar-refractivity contribution in [1.82, 2.24) is 9.78 Å². The lowest BCUT2D eigenvalue weighted by atomic mass is 9.91. The number of hydrogen-bond acceptors (Lipinski definition) is 6. The number of furan rings is 1. The molecule has 0 unspecified atom stereocenters. The molecule has 4 aromatic rings. The number of aromatic nitrogens is 2. The van der Waals surface area contributed by atoms with Crippen LogP contribution in [0.3, 0.4) is 0 Å². The smallest absolute Gasteiger partial charge is 0.339 e. The third-order valence-corrected chi connectivity index (χ3v) is 6.32. The van der Waals surface area contributed by atoms with E-state index in [1.165, 1.54) is 35.2 Å². The molecule has 3 N–H and O–H groups in total. The Labute approximate surface area is 200 Å². The molecule has 1 aliphatic carbocycles. The number of phenolic OH excluding ortho intramolecular Hbond substituents is 1. The number of rotatable bonds is 5. The zero-order chi connectivity index (χ0) is 24.7. The van der Waals surface area contributed by atoms with Crippen LogP contribution in [0.4, 0.5) is 11.4 Å². The van der Waals surface area contributed by atoms with E-state index < -0.39 is 5.97 Å². The van der Waals surface area contributed by atoms with Gasteiger partial charge in [-0.05, 0) is 81.0 Å². The number of nitrogens with zero attached hydrogens (tertiary/aromatic N) is 3. The molecule has 2 aromatic carbocycles. The van der Waals surface area contributed by atoms with Gasteiger partial charge in [-0.2, -0.15) is 0 Å². The van der Waals surface area contributed by atoms with Gasteiger partial charge in [0, 0.05) is 0 Å². The van der Waals surface area contributed by atoms with Crippen molar-refractivity contribution >= 4 is 17.3 Å². The third kappa shape index (κ3) is 4.05. The van der Waals surface area contributed by atoms with Crippen molar-refractivity contribution in [2.45, 2.75) is 39.5 Å². The second kappa shape index (κ2) is 8.75. The van der Waals surface area contributed by atoms with Gasteiger partial charge in [-0.25, -0.2) is 9.48 Å². The number of benzene rings is 2. The number of phenols is 1. The van der Waals surface area contributed by atoms with Gasteiger partial charge in [0.15, 0.2) is 11.4 Å². The molecule has 1 aliphatic rings. The summed E-state index contributed by atoms with van der Waals surface area (Å²) in [4.78, 5) is 24.4. The standard InChI is InChI=1S/C26H24N4O5/c1-14-23(25(32)30(29-14)18-11-10-16-6-3-4-7-17(16)12-18)28-27-21-9-5-8-19(24(21)31)22-13-20(26(33)34)15(2)35-22/h5,8-13,29,31H,3-4,6-7H2,1-2H3,(H,33,34). The molecule has 9 nitrogen and oxygen atoms in total. The first-order valence-corrected chi connectivity index (χ1v) is 11.3. The third-order valence-electron chi connectivity index (χ3n) is 6.32. The van der Waals surface area contributed by atoms with Crippen LogP contribution < -0.4 is 5.56 Å². The molecule has 0 aliphatic heterocycles. The Balaban J connectivity index is 1.48. The summed E-state index contributed by atoms with van der Waals surface area (Å²) in [5.41, 5.74) is 4.07. The normalized spacial score (nSPS) is 13.3. The maximum absolute atomic E-state index is 13.1. The van der Waals surface area contributed by atoms with Crippen molar-refractivity contribution in [2.24, 2.45) is 10.2 Å².